The molecule has 0 aromatic rings. The van der Waals surface area contributed by atoms with E-state index in [1.54, 1.807) is 0 Å². The first kappa shape index (κ1) is 5.83. The number of quaternary nitrogens is 1. The Labute approximate surface area is 49.2 Å². The molecule has 1 saturated heterocycles. The van der Waals surface area contributed by atoms with Crippen molar-refractivity contribution < 1.29 is 4.24 Å². The van der Waals surface area contributed by atoms with Gasteiger partial charge in [-0.3, -0.25) is 4.24 Å². The van der Waals surface area contributed by atoms with Gasteiger partial charge in [-0.1, -0.05) is 0 Å². The van der Waals surface area contributed by atoms with Gasteiger partial charge in [-0.15, -0.1) is 0 Å². The third-order valence-corrected chi connectivity index (χ3v) is 3.34. The summed E-state index contributed by atoms with van der Waals surface area (Å²) in [6, 6.07) is 0. The fourth-order valence-corrected chi connectivity index (χ4v) is 2.79. The zero-order valence-corrected chi connectivity index (χ0v) is 5.75. The van der Waals surface area contributed by atoms with Crippen molar-refractivity contribution in [2.24, 2.45) is 0 Å². The highest BCUT2D eigenvalue weighted by molar-refractivity contribution is 7.95. The lowest BCUT2D eigenvalue weighted by Crippen LogP contribution is -2.92. The van der Waals surface area contributed by atoms with Crippen molar-refractivity contribution in [2.45, 2.75) is 6.42 Å². The Bertz CT molecular complexity index is 56.9. The van der Waals surface area contributed by atoms with Gasteiger partial charge in [-0.05, 0) is 6.42 Å². The molecule has 2 nitrogen and oxygen atoms in total. The summed E-state index contributed by atoms with van der Waals surface area (Å²) in [4.78, 5) is 0. The average Bonchev–Trinajstić information content (AvgIpc) is 1.69. The van der Waals surface area contributed by atoms with Crippen LogP contribution in [0.3, 0.4) is 0 Å². The topological polar surface area (TPSA) is 27.5 Å². The van der Waals surface area contributed by atoms with Gasteiger partial charge < -0.3 is 5.21 Å². The molecule has 0 amide bonds. The smallest absolute Gasteiger partial charge is 0.0995 e. The Morgan fingerprint density at radius 2 is 2.57 bits per heavy atom. The van der Waals surface area contributed by atoms with Crippen LogP contribution in [0.25, 0.3) is 0 Å². The molecule has 0 spiro atoms. The van der Waals surface area contributed by atoms with Gasteiger partial charge in [0.2, 0.25) is 0 Å². The van der Waals surface area contributed by atoms with E-state index in [4.69, 9.17) is 0 Å². The van der Waals surface area contributed by atoms with Gasteiger partial charge in [-0.2, -0.15) is 0 Å². The summed E-state index contributed by atoms with van der Waals surface area (Å²) in [5, 5.41) is 10.4. The van der Waals surface area contributed by atoms with Crippen molar-refractivity contribution >= 4 is 20.7 Å². The zero-order valence-electron chi connectivity index (χ0n) is 3.94. The van der Waals surface area contributed by atoms with Gasteiger partial charge in [0.1, 0.15) is 0 Å². The van der Waals surface area contributed by atoms with Gasteiger partial charge in [0.25, 0.3) is 0 Å². The molecule has 1 rings (SSSR count). The maximum Gasteiger partial charge on any atom is 0.0995 e. The third-order valence-electron chi connectivity index (χ3n) is 0.824. The maximum absolute atomic E-state index is 10.4. The van der Waals surface area contributed by atoms with E-state index >= 15 is 0 Å². The Morgan fingerprint density at radius 1 is 1.71 bits per heavy atom. The summed E-state index contributed by atoms with van der Waals surface area (Å²) >= 11 is 1.49. The minimum atomic E-state index is 0.409. The van der Waals surface area contributed by atoms with Crippen molar-refractivity contribution in [2.75, 3.05) is 11.9 Å². The summed E-state index contributed by atoms with van der Waals surface area (Å²) in [7, 11) is 0.600. The van der Waals surface area contributed by atoms with Crippen LogP contribution >= 0.6 is 20.7 Å². The molecular weight excluding hydrogens is 129 g/mol. The largest absolute Gasteiger partial charge is 0.621 e. The quantitative estimate of drug-likeness (QED) is 0.289. The molecule has 42 valence electrons. The molecule has 1 aliphatic rings. The predicted molar refractivity (Wildman–Crippen MR) is 34.6 cm³/mol. The van der Waals surface area contributed by atoms with Gasteiger partial charge >= 0.3 is 0 Å². The van der Waals surface area contributed by atoms with Crippen LogP contribution in [0.5, 0.6) is 0 Å². The van der Waals surface area contributed by atoms with E-state index in [0.29, 0.717) is 13.0 Å². The Hall–Kier alpha value is 0.700. The zero-order chi connectivity index (χ0) is 5.11. The Balaban J connectivity index is 2.12. The van der Waals surface area contributed by atoms with Crippen LogP contribution < -0.4 is 4.24 Å². The molecule has 1 heterocycles. The number of hydrogen-bond donors (Lipinski definition) is 1. The van der Waals surface area contributed by atoms with Crippen LogP contribution in [0.4, 0.5) is 0 Å². The first-order chi connectivity index (χ1) is 3.39. The fourth-order valence-electron chi connectivity index (χ4n) is 0.479. The van der Waals surface area contributed by atoms with E-state index in [1.807, 2.05) is 0 Å². The molecule has 0 aliphatic carbocycles. The van der Waals surface area contributed by atoms with Crippen molar-refractivity contribution in [1.29, 1.82) is 0 Å². The molecule has 7 heavy (non-hydrogen) atoms. The molecule has 0 radical (unpaired) electrons. The maximum atomic E-state index is 10.4. The number of nitrogens with one attached hydrogen (secondary N) is 1. The van der Waals surface area contributed by atoms with E-state index in [1.165, 1.54) is 18.4 Å². The van der Waals surface area contributed by atoms with Gasteiger partial charge in [-0.25, -0.2) is 0 Å². The first-order valence-electron chi connectivity index (χ1n) is 2.30. The summed E-state index contributed by atoms with van der Waals surface area (Å²) in [6.07, 6.45) is 2.39. The predicted octanol–water partition coefficient (Wildman–Crippen LogP) is 0.0145. The number of hydrogen-bond acceptors (Lipinski definition) is 2. The second-order valence-electron chi connectivity index (χ2n) is 1.42. The first-order valence-corrected chi connectivity index (χ1v) is 4.49. The van der Waals surface area contributed by atoms with Crippen LogP contribution in [-0.4, -0.2) is 11.9 Å². The molecule has 0 bridgehead atoms. The number of rotatable bonds is 0. The van der Waals surface area contributed by atoms with Gasteiger partial charge in [0.15, 0.2) is 0 Å². The van der Waals surface area contributed by atoms with Gasteiger partial charge in [0.05, 0.1) is 20.7 Å². The average molecular weight is 137 g/mol. The molecule has 1 fully saturated rings. The minimum Gasteiger partial charge on any atom is -0.621 e. The van der Waals surface area contributed by atoms with Gasteiger partial charge in [0, 0.05) is 11.9 Å². The molecule has 1 aliphatic heterocycles. The highest BCUT2D eigenvalue weighted by Crippen LogP contribution is 2.11. The lowest BCUT2D eigenvalue weighted by Gasteiger charge is -2.21. The molecule has 0 aromatic carbocycles. The molecule has 1 N–H and O–H groups in total. The molecular formula is C3H8NOPS. The highest BCUT2D eigenvalue weighted by Gasteiger charge is 2.05. The van der Waals surface area contributed by atoms with E-state index in [-0.39, 0.29) is 0 Å². The van der Waals surface area contributed by atoms with Crippen molar-refractivity contribution in [1.82, 2.24) is 0 Å². The molecule has 2 unspecified atom stereocenters. The Kier molecular flexibility index (Phi) is 2.40. The lowest BCUT2D eigenvalue weighted by atomic mass is 10.6. The van der Waals surface area contributed by atoms with E-state index < -0.39 is 0 Å². The summed E-state index contributed by atoms with van der Waals surface area (Å²) in [5.74, 6) is 1.06. The lowest BCUT2D eigenvalue weighted by molar-refractivity contribution is -0.527. The van der Waals surface area contributed by atoms with Crippen molar-refractivity contribution in [3.05, 3.63) is 5.21 Å². The minimum absolute atomic E-state index is 0.409. The molecule has 0 aromatic heterocycles. The van der Waals surface area contributed by atoms with Crippen molar-refractivity contribution in [3.63, 3.8) is 0 Å². The SMILES string of the molecule is [O-][NH+]1PCCCS1. The van der Waals surface area contributed by atoms with E-state index in [9.17, 15) is 5.21 Å². The molecule has 0 saturated carbocycles. The fraction of sp³-hybridized carbons (Fsp3) is 1.00. The normalized spacial score (nSPS) is 36.4. The molecule has 4 heteroatoms. The monoisotopic (exact) mass is 137 g/mol. The summed E-state index contributed by atoms with van der Waals surface area (Å²) < 4.78 is 0.409. The third kappa shape index (κ3) is 1.96. The second kappa shape index (κ2) is 2.88. The van der Waals surface area contributed by atoms with Crippen LogP contribution in [0.1, 0.15) is 6.42 Å². The Morgan fingerprint density at radius 3 is 2.86 bits per heavy atom. The second-order valence-corrected chi connectivity index (χ2v) is 4.15. The van der Waals surface area contributed by atoms with E-state index in [2.05, 4.69) is 0 Å². The van der Waals surface area contributed by atoms with Crippen LogP contribution in [0, 0.1) is 5.21 Å². The summed E-state index contributed by atoms with van der Waals surface area (Å²) in [5.41, 5.74) is 0. The van der Waals surface area contributed by atoms with Crippen LogP contribution in [0.2, 0.25) is 0 Å². The van der Waals surface area contributed by atoms with E-state index in [0.717, 1.165) is 11.9 Å². The molecule has 2 atom stereocenters. The standard InChI is InChI=1S/C3H8NOPS/c5-4-6-2-1-3-7-4/h4,6H,1-3H2. The summed E-state index contributed by atoms with van der Waals surface area (Å²) in [6.45, 7) is 0. The van der Waals surface area contributed by atoms with Crippen LogP contribution in [0.15, 0.2) is 0 Å². The van der Waals surface area contributed by atoms with Crippen molar-refractivity contribution in [3.8, 4) is 0 Å². The highest BCUT2D eigenvalue weighted by atomic mass is 32.2. The van der Waals surface area contributed by atoms with Crippen LogP contribution in [-0.2, 0) is 0 Å².